The number of aryl methyl sites for hydroxylation is 1. The molecule has 0 aliphatic rings. The Morgan fingerprint density at radius 2 is 1.81 bits per heavy atom. The molecule has 10 heteroatoms. The summed E-state index contributed by atoms with van der Waals surface area (Å²) in [6, 6.07) is 0. The molecule has 0 amide bonds. The van der Waals surface area contributed by atoms with E-state index in [0.717, 1.165) is 11.3 Å². The van der Waals surface area contributed by atoms with E-state index in [0.29, 0.717) is 5.56 Å². The van der Waals surface area contributed by atoms with Crippen molar-refractivity contribution in [2.24, 2.45) is 0 Å². The minimum absolute atomic E-state index is 0.0438. The third-order valence-electron chi connectivity index (χ3n) is 4.46. The lowest BCUT2D eigenvalue weighted by Crippen LogP contribution is -2.40. The Labute approximate surface area is 160 Å². The zero-order valence-corrected chi connectivity index (χ0v) is 18.0. The Kier molecular flexibility index (Phi) is 5.87. The first-order chi connectivity index (χ1) is 11.7. The molecule has 0 bridgehead atoms. The average Bonchev–Trinajstić information content (AvgIpc) is 2.91. The van der Waals surface area contributed by atoms with E-state index < -0.39 is 20.2 Å². The van der Waals surface area contributed by atoms with Crippen molar-refractivity contribution in [1.82, 2.24) is 15.0 Å². The third kappa shape index (κ3) is 4.62. The largest absolute Gasteiger partial charge is 0.434 e. The van der Waals surface area contributed by atoms with Gasteiger partial charge < -0.3 is 4.43 Å². The van der Waals surface area contributed by atoms with Crippen molar-refractivity contribution in [2.45, 2.75) is 58.6 Å². The van der Waals surface area contributed by atoms with Crippen molar-refractivity contribution in [3.63, 3.8) is 0 Å². The number of nitrogens with zero attached hydrogens (tertiary/aromatic N) is 3. The quantitative estimate of drug-likeness (QED) is 0.440. The number of hydrogen-bond acceptors (Lipinski definition) is 5. The van der Waals surface area contributed by atoms with Crippen LogP contribution in [0, 0.1) is 6.92 Å². The van der Waals surface area contributed by atoms with Crippen LogP contribution in [0.4, 0.5) is 13.2 Å². The van der Waals surface area contributed by atoms with Crippen LogP contribution in [0.15, 0.2) is 6.20 Å². The Morgan fingerprint density at radius 1 is 1.19 bits per heavy atom. The summed E-state index contributed by atoms with van der Waals surface area (Å²) in [5.41, 5.74) is -0.317. The van der Waals surface area contributed by atoms with Gasteiger partial charge in [0.2, 0.25) is 5.28 Å². The molecule has 0 aliphatic heterocycles. The molecule has 0 aromatic carbocycles. The standard InChI is InChI=1S/C16H21ClF3N3OSSi/c1-9-7-21-14(17)23-11(9)12-13(16(18,19)20)22-10(25-12)8-24-26(5,6)15(2,3)4/h7H,8H2,1-6H3. The van der Waals surface area contributed by atoms with Gasteiger partial charge in [-0.15, -0.1) is 11.3 Å². The second-order valence-electron chi connectivity index (χ2n) is 7.50. The maximum Gasteiger partial charge on any atom is 0.434 e. The van der Waals surface area contributed by atoms with E-state index in [1.165, 1.54) is 6.20 Å². The van der Waals surface area contributed by atoms with Gasteiger partial charge in [-0.1, -0.05) is 20.8 Å². The fourth-order valence-corrected chi connectivity index (χ4v) is 4.11. The van der Waals surface area contributed by atoms with Gasteiger partial charge in [-0.3, -0.25) is 0 Å². The highest BCUT2D eigenvalue weighted by Crippen LogP contribution is 2.42. The summed E-state index contributed by atoms with van der Waals surface area (Å²) in [6.07, 6.45) is -3.19. The van der Waals surface area contributed by atoms with Crippen LogP contribution in [0.25, 0.3) is 10.6 Å². The first kappa shape index (κ1) is 21.3. The SMILES string of the molecule is Cc1cnc(Cl)nc1-c1sc(CO[Si](C)(C)C(C)(C)C)nc1C(F)(F)F. The van der Waals surface area contributed by atoms with Gasteiger partial charge in [0.15, 0.2) is 14.0 Å². The van der Waals surface area contributed by atoms with Crippen molar-refractivity contribution in [1.29, 1.82) is 0 Å². The molecule has 0 saturated heterocycles. The van der Waals surface area contributed by atoms with E-state index >= 15 is 0 Å². The lowest BCUT2D eigenvalue weighted by molar-refractivity contribution is -0.140. The summed E-state index contributed by atoms with van der Waals surface area (Å²) in [4.78, 5) is 11.5. The van der Waals surface area contributed by atoms with E-state index in [1.807, 2.05) is 13.1 Å². The number of alkyl halides is 3. The smallest absolute Gasteiger partial charge is 0.410 e. The topological polar surface area (TPSA) is 47.9 Å². The van der Waals surface area contributed by atoms with E-state index in [-0.39, 0.29) is 32.5 Å². The highest BCUT2D eigenvalue weighted by Gasteiger charge is 2.40. The van der Waals surface area contributed by atoms with Crippen LogP contribution >= 0.6 is 22.9 Å². The van der Waals surface area contributed by atoms with Crippen LogP contribution in [0.1, 0.15) is 37.0 Å². The molecule has 0 unspecified atom stereocenters. The third-order valence-corrected chi connectivity index (χ3v) is 10.2. The maximum absolute atomic E-state index is 13.5. The second-order valence-corrected chi connectivity index (χ2v) is 13.7. The number of halogens is 4. The van der Waals surface area contributed by atoms with Crippen LogP contribution in [-0.2, 0) is 17.2 Å². The number of rotatable bonds is 4. The fourth-order valence-electron chi connectivity index (χ4n) is 1.89. The van der Waals surface area contributed by atoms with Crippen molar-refractivity contribution in [3.8, 4) is 10.6 Å². The van der Waals surface area contributed by atoms with Gasteiger partial charge in [0.05, 0.1) is 17.2 Å². The number of thiazole rings is 1. The molecule has 0 atom stereocenters. The lowest BCUT2D eigenvalue weighted by Gasteiger charge is -2.35. The first-order valence-electron chi connectivity index (χ1n) is 7.93. The van der Waals surface area contributed by atoms with Crippen LogP contribution in [0.3, 0.4) is 0 Å². The van der Waals surface area contributed by atoms with Crippen LogP contribution in [-0.4, -0.2) is 23.3 Å². The molecule has 0 fully saturated rings. The van der Waals surface area contributed by atoms with Gasteiger partial charge >= 0.3 is 6.18 Å². The Hall–Kier alpha value is -1.03. The van der Waals surface area contributed by atoms with Crippen LogP contribution < -0.4 is 0 Å². The van der Waals surface area contributed by atoms with Crippen molar-refractivity contribution in [2.75, 3.05) is 0 Å². The number of hydrogen-bond donors (Lipinski definition) is 0. The minimum Gasteiger partial charge on any atom is -0.410 e. The van der Waals surface area contributed by atoms with Gasteiger partial charge in [0.1, 0.15) is 5.01 Å². The summed E-state index contributed by atoms with van der Waals surface area (Å²) in [5.74, 6) is 0. The molecule has 0 radical (unpaired) electrons. The lowest BCUT2D eigenvalue weighted by atomic mass is 10.2. The summed E-state index contributed by atoms with van der Waals surface area (Å²) in [7, 11) is -2.10. The Bertz CT molecular complexity index is 803. The summed E-state index contributed by atoms with van der Waals surface area (Å²) >= 11 is 6.70. The van der Waals surface area contributed by atoms with Gasteiger partial charge in [-0.25, -0.2) is 15.0 Å². The predicted molar refractivity (Wildman–Crippen MR) is 99.9 cm³/mol. The molecule has 0 saturated carbocycles. The average molecular weight is 424 g/mol. The summed E-state index contributed by atoms with van der Waals surface area (Å²) < 4.78 is 46.4. The van der Waals surface area contributed by atoms with E-state index in [2.05, 4.69) is 35.7 Å². The van der Waals surface area contributed by atoms with Crippen molar-refractivity contribution in [3.05, 3.63) is 27.7 Å². The van der Waals surface area contributed by atoms with Gasteiger partial charge in [0.25, 0.3) is 0 Å². The van der Waals surface area contributed by atoms with E-state index in [9.17, 15) is 13.2 Å². The molecule has 2 heterocycles. The Morgan fingerprint density at radius 3 is 2.35 bits per heavy atom. The second kappa shape index (κ2) is 7.18. The predicted octanol–water partition coefficient (Wildman–Crippen LogP) is 6.10. The zero-order chi connectivity index (χ0) is 19.9. The van der Waals surface area contributed by atoms with Gasteiger partial charge in [-0.2, -0.15) is 13.2 Å². The highest BCUT2D eigenvalue weighted by molar-refractivity contribution is 7.15. The molecule has 26 heavy (non-hydrogen) atoms. The molecule has 4 nitrogen and oxygen atoms in total. The van der Waals surface area contributed by atoms with Crippen molar-refractivity contribution >= 4 is 31.3 Å². The van der Waals surface area contributed by atoms with Gasteiger partial charge in [-0.05, 0) is 42.2 Å². The molecule has 0 spiro atoms. The van der Waals surface area contributed by atoms with Crippen molar-refractivity contribution < 1.29 is 17.6 Å². The van der Waals surface area contributed by atoms with E-state index in [4.69, 9.17) is 16.0 Å². The molecule has 2 rings (SSSR count). The van der Waals surface area contributed by atoms with Gasteiger partial charge in [0, 0.05) is 6.20 Å². The molecule has 144 valence electrons. The molecular weight excluding hydrogens is 403 g/mol. The summed E-state index contributed by atoms with van der Waals surface area (Å²) in [5, 5.41) is 0.119. The molecule has 0 aliphatic carbocycles. The van der Waals surface area contributed by atoms with Crippen LogP contribution in [0.5, 0.6) is 0 Å². The number of aromatic nitrogens is 3. The molecular formula is C16H21ClF3N3OSSi. The normalized spacial score (nSPS) is 13.3. The molecule has 2 aromatic heterocycles. The van der Waals surface area contributed by atoms with Crippen LogP contribution in [0.2, 0.25) is 23.4 Å². The fraction of sp³-hybridized carbons (Fsp3) is 0.562. The minimum atomic E-state index is -4.59. The summed E-state index contributed by atoms with van der Waals surface area (Å²) in [6.45, 7) is 12.0. The highest BCUT2D eigenvalue weighted by atomic mass is 35.5. The zero-order valence-electron chi connectivity index (χ0n) is 15.5. The molecule has 0 N–H and O–H groups in total. The monoisotopic (exact) mass is 423 g/mol. The maximum atomic E-state index is 13.5. The van der Waals surface area contributed by atoms with E-state index in [1.54, 1.807) is 6.92 Å². The Balaban J connectivity index is 2.43. The first-order valence-corrected chi connectivity index (χ1v) is 12.0. The molecule has 2 aromatic rings.